The first-order valence-electron chi connectivity index (χ1n) is 6.56. The van der Waals surface area contributed by atoms with Crippen molar-refractivity contribution in [2.45, 2.75) is 25.6 Å². The molecule has 108 valence electrons. The number of hydrogen-bond acceptors (Lipinski definition) is 4. The average molecular weight is 286 g/mol. The Hall–Kier alpha value is -2.70. The summed E-state index contributed by atoms with van der Waals surface area (Å²) >= 11 is 0. The summed E-state index contributed by atoms with van der Waals surface area (Å²) in [5.74, 6) is -1.26. The molecule has 0 saturated carbocycles. The Balaban J connectivity index is 1.85. The van der Waals surface area contributed by atoms with Gasteiger partial charge in [-0.25, -0.2) is 14.5 Å². The van der Waals surface area contributed by atoms with Crippen LogP contribution in [0.4, 0.5) is 0 Å². The van der Waals surface area contributed by atoms with E-state index < -0.39 is 12.0 Å². The number of carboxylic acids is 1. The largest absolute Gasteiger partial charge is 0.480 e. The van der Waals surface area contributed by atoms with Gasteiger partial charge >= 0.3 is 5.97 Å². The summed E-state index contributed by atoms with van der Waals surface area (Å²) < 4.78 is 1.39. The molecule has 1 aromatic heterocycles. The Morgan fingerprint density at radius 2 is 2.05 bits per heavy atom. The van der Waals surface area contributed by atoms with E-state index in [4.69, 9.17) is 0 Å². The Kier molecular flexibility index (Phi) is 3.39. The average Bonchev–Trinajstić information content (AvgIpc) is 2.98. The van der Waals surface area contributed by atoms with Crippen LogP contribution in [0.3, 0.4) is 0 Å². The molecule has 1 aliphatic rings. The van der Waals surface area contributed by atoms with Crippen molar-refractivity contribution in [3.8, 4) is 0 Å². The summed E-state index contributed by atoms with van der Waals surface area (Å²) in [5.41, 5.74) is 1.97. The molecular formula is C14H14N4O3. The summed E-state index contributed by atoms with van der Waals surface area (Å²) in [6.07, 6.45) is 3.10. The van der Waals surface area contributed by atoms with Crippen LogP contribution >= 0.6 is 0 Å². The first-order valence-corrected chi connectivity index (χ1v) is 6.56. The van der Waals surface area contributed by atoms with Crippen LogP contribution in [-0.4, -0.2) is 42.7 Å². The van der Waals surface area contributed by atoms with Gasteiger partial charge in [-0.1, -0.05) is 24.3 Å². The third-order valence-corrected chi connectivity index (χ3v) is 3.62. The Morgan fingerprint density at radius 1 is 1.29 bits per heavy atom. The Labute approximate surface area is 120 Å². The van der Waals surface area contributed by atoms with Crippen LogP contribution in [0.2, 0.25) is 0 Å². The summed E-state index contributed by atoms with van der Waals surface area (Å²) in [6, 6.07) is 6.76. The van der Waals surface area contributed by atoms with Crippen molar-refractivity contribution in [3.05, 3.63) is 48.0 Å². The first kappa shape index (κ1) is 13.3. The van der Waals surface area contributed by atoms with E-state index in [2.05, 4.69) is 10.1 Å². The predicted octanol–water partition coefficient (Wildman–Crippen LogP) is 0.316. The number of aromatic nitrogens is 3. The van der Waals surface area contributed by atoms with Gasteiger partial charge in [-0.15, -0.1) is 0 Å². The molecule has 0 unspecified atom stereocenters. The molecular weight excluding hydrogens is 272 g/mol. The van der Waals surface area contributed by atoms with E-state index in [0.29, 0.717) is 13.0 Å². The molecule has 1 aliphatic heterocycles. The van der Waals surface area contributed by atoms with Gasteiger partial charge in [-0.3, -0.25) is 4.79 Å². The fourth-order valence-electron chi connectivity index (χ4n) is 2.55. The van der Waals surface area contributed by atoms with Gasteiger partial charge in [0.2, 0.25) is 5.91 Å². The minimum Gasteiger partial charge on any atom is -0.480 e. The van der Waals surface area contributed by atoms with E-state index in [0.717, 1.165) is 11.1 Å². The zero-order valence-corrected chi connectivity index (χ0v) is 11.2. The van der Waals surface area contributed by atoms with Crippen molar-refractivity contribution in [2.24, 2.45) is 0 Å². The Bertz CT molecular complexity index is 669. The number of carbonyl (C=O) groups excluding carboxylic acids is 1. The van der Waals surface area contributed by atoms with Gasteiger partial charge in [0.25, 0.3) is 0 Å². The first-order chi connectivity index (χ1) is 10.1. The molecule has 21 heavy (non-hydrogen) atoms. The van der Waals surface area contributed by atoms with E-state index in [1.54, 1.807) is 0 Å². The maximum absolute atomic E-state index is 12.4. The summed E-state index contributed by atoms with van der Waals surface area (Å²) in [5, 5.41) is 13.3. The number of aliphatic carboxylic acids is 1. The molecule has 1 N–H and O–H groups in total. The highest BCUT2D eigenvalue weighted by atomic mass is 16.4. The molecule has 0 saturated heterocycles. The summed E-state index contributed by atoms with van der Waals surface area (Å²) in [6.45, 7) is 0.298. The number of amides is 1. The molecule has 3 rings (SSSR count). The highest BCUT2D eigenvalue weighted by molar-refractivity contribution is 5.84. The highest BCUT2D eigenvalue weighted by Gasteiger charge is 2.34. The SMILES string of the molecule is O=C(O)[C@@H]1Cc2ccccc2CN1C(=O)Cn1cncn1. The van der Waals surface area contributed by atoms with E-state index in [1.807, 2.05) is 24.3 Å². The van der Waals surface area contributed by atoms with Gasteiger partial charge in [0.15, 0.2) is 0 Å². The molecule has 7 heteroatoms. The van der Waals surface area contributed by atoms with Crippen molar-refractivity contribution in [1.29, 1.82) is 0 Å². The molecule has 0 bridgehead atoms. The Morgan fingerprint density at radius 3 is 2.71 bits per heavy atom. The number of benzene rings is 1. The summed E-state index contributed by atoms with van der Waals surface area (Å²) in [7, 11) is 0. The fourth-order valence-corrected chi connectivity index (χ4v) is 2.55. The van der Waals surface area contributed by atoms with E-state index in [9.17, 15) is 14.7 Å². The van der Waals surface area contributed by atoms with E-state index >= 15 is 0 Å². The van der Waals surface area contributed by atoms with Crippen molar-refractivity contribution in [1.82, 2.24) is 19.7 Å². The number of fused-ring (bicyclic) bond motifs is 1. The van der Waals surface area contributed by atoms with Crippen LogP contribution in [0.15, 0.2) is 36.9 Å². The zero-order valence-electron chi connectivity index (χ0n) is 11.2. The number of nitrogens with zero attached hydrogens (tertiary/aromatic N) is 4. The maximum Gasteiger partial charge on any atom is 0.326 e. The van der Waals surface area contributed by atoms with Crippen LogP contribution in [0.1, 0.15) is 11.1 Å². The molecule has 1 amide bonds. The molecule has 0 fully saturated rings. The van der Waals surface area contributed by atoms with Gasteiger partial charge in [-0.2, -0.15) is 5.10 Å². The van der Waals surface area contributed by atoms with E-state index in [-0.39, 0.29) is 12.5 Å². The lowest BCUT2D eigenvalue weighted by molar-refractivity contribution is -0.151. The van der Waals surface area contributed by atoms with Crippen molar-refractivity contribution in [3.63, 3.8) is 0 Å². The van der Waals surface area contributed by atoms with Gasteiger partial charge in [0.05, 0.1) is 0 Å². The minimum atomic E-state index is -0.989. The number of carboxylic acid groups (broad SMARTS) is 1. The van der Waals surface area contributed by atoms with Crippen LogP contribution in [0, 0.1) is 0 Å². The topological polar surface area (TPSA) is 88.3 Å². The predicted molar refractivity (Wildman–Crippen MR) is 72.1 cm³/mol. The van der Waals surface area contributed by atoms with Crippen LogP contribution in [0.5, 0.6) is 0 Å². The number of hydrogen-bond donors (Lipinski definition) is 1. The standard InChI is InChI=1S/C14H14N4O3/c19-13(7-17-9-15-8-16-17)18-6-11-4-2-1-3-10(11)5-12(18)14(20)21/h1-4,8-9,12H,5-7H2,(H,20,21)/t12-/m0/s1. The molecule has 7 nitrogen and oxygen atoms in total. The number of rotatable bonds is 3. The van der Waals surface area contributed by atoms with Crippen molar-refractivity contribution < 1.29 is 14.7 Å². The maximum atomic E-state index is 12.4. The second-order valence-electron chi connectivity index (χ2n) is 4.94. The zero-order chi connectivity index (χ0) is 14.8. The second-order valence-corrected chi connectivity index (χ2v) is 4.94. The van der Waals surface area contributed by atoms with Gasteiger partial charge in [0, 0.05) is 13.0 Å². The molecule has 0 radical (unpaired) electrons. The van der Waals surface area contributed by atoms with Gasteiger partial charge in [-0.05, 0) is 11.1 Å². The fraction of sp³-hybridized carbons (Fsp3) is 0.286. The molecule has 2 heterocycles. The summed E-state index contributed by atoms with van der Waals surface area (Å²) in [4.78, 5) is 29.0. The van der Waals surface area contributed by atoms with Crippen LogP contribution in [-0.2, 0) is 29.1 Å². The lowest BCUT2D eigenvalue weighted by Crippen LogP contribution is -2.49. The lowest BCUT2D eigenvalue weighted by Gasteiger charge is -2.34. The molecule has 0 spiro atoms. The molecule has 1 aromatic carbocycles. The normalized spacial score (nSPS) is 17.3. The van der Waals surface area contributed by atoms with Crippen LogP contribution in [0.25, 0.3) is 0 Å². The van der Waals surface area contributed by atoms with Crippen molar-refractivity contribution >= 4 is 11.9 Å². The molecule has 0 aliphatic carbocycles. The second kappa shape index (κ2) is 5.35. The van der Waals surface area contributed by atoms with Gasteiger partial charge < -0.3 is 10.0 Å². The third-order valence-electron chi connectivity index (χ3n) is 3.62. The van der Waals surface area contributed by atoms with Crippen LogP contribution < -0.4 is 0 Å². The quantitative estimate of drug-likeness (QED) is 0.877. The molecule has 1 atom stereocenters. The lowest BCUT2D eigenvalue weighted by atomic mass is 9.94. The number of carbonyl (C=O) groups is 2. The molecule has 2 aromatic rings. The smallest absolute Gasteiger partial charge is 0.326 e. The monoisotopic (exact) mass is 286 g/mol. The minimum absolute atomic E-state index is 0.00799. The van der Waals surface area contributed by atoms with Crippen molar-refractivity contribution in [2.75, 3.05) is 0 Å². The highest BCUT2D eigenvalue weighted by Crippen LogP contribution is 2.23. The third kappa shape index (κ3) is 2.62. The van der Waals surface area contributed by atoms with Gasteiger partial charge in [0.1, 0.15) is 25.2 Å². The van der Waals surface area contributed by atoms with E-state index in [1.165, 1.54) is 22.2 Å².